The van der Waals surface area contributed by atoms with Crippen LogP contribution in [0.25, 0.3) is 6.08 Å². The summed E-state index contributed by atoms with van der Waals surface area (Å²) in [7, 11) is 0. The van der Waals surface area contributed by atoms with Gasteiger partial charge in [0.15, 0.2) is 0 Å². The minimum absolute atomic E-state index is 0.0239. The summed E-state index contributed by atoms with van der Waals surface area (Å²) in [5.41, 5.74) is 1.84. The molecule has 1 aromatic heterocycles. The number of benzene rings is 2. The van der Waals surface area contributed by atoms with Crippen LogP contribution in [0, 0.1) is 10.1 Å². The number of aromatic nitrogens is 1. The smallest absolute Gasteiger partial charge is 0.269 e. The van der Waals surface area contributed by atoms with E-state index in [0.717, 1.165) is 5.69 Å². The van der Waals surface area contributed by atoms with Gasteiger partial charge in [0, 0.05) is 61.4 Å². The summed E-state index contributed by atoms with van der Waals surface area (Å²) < 4.78 is 0. The van der Waals surface area contributed by atoms with Gasteiger partial charge in [0.25, 0.3) is 17.5 Å². The lowest BCUT2D eigenvalue weighted by atomic mass is 10.1. The van der Waals surface area contributed by atoms with Crippen LogP contribution in [0.15, 0.2) is 78.5 Å². The van der Waals surface area contributed by atoms with Crippen molar-refractivity contribution in [2.24, 2.45) is 0 Å². The number of piperazine rings is 1. The normalized spacial score (nSPS) is 13.9. The fraction of sp³-hybridized carbons (Fsp3) is 0.160. The number of rotatable bonds is 6. The summed E-state index contributed by atoms with van der Waals surface area (Å²) in [6, 6.07) is 18.5. The van der Waals surface area contributed by atoms with Gasteiger partial charge in [-0.2, -0.15) is 0 Å². The van der Waals surface area contributed by atoms with Gasteiger partial charge >= 0.3 is 0 Å². The molecule has 9 nitrogen and oxygen atoms in total. The highest BCUT2D eigenvalue weighted by molar-refractivity contribution is 6.32. The summed E-state index contributed by atoms with van der Waals surface area (Å²) in [6.07, 6.45) is 2.99. The summed E-state index contributed by atoms with van der Waals surface area (Å²) in [5, 5.41) is 13.8. The van der Waals surface area contributed by atoms with Crippen molar-refractivity contribution in [1.29, 1.82) is 0 Å². The molecule has 10 heteroatoms. The summed E-state index contributed by atoms with van der Waals surface area (Å²) in [6.45, 7) is 1.80. The molecule has 35 heavy (non-hydrogen) atoms. The Morgan fingerprint density at radius 2 is 1.66 bits per heavy atom. The molecule has 0 spiro atoms. The van der Waals surface area contributed by atoms with E-state index in [2.05, 4.69) is 10.3 Å². The predicted molar refractivity (Wildman–Crippen MR) is 134 cm³/mol. The molecule has 1 aliphatic rings. The van der Waals surface area contributed by atoms with Crippen LogP contribution in [0.4, 0.5) is 17.1 Å². The predicted octanol–water partition coefficient (Wildman–Crippen LogP) is 4.01. The Kier molecular flexibility index (Phi) is 7.37. The highest BCUT2D eigenvalue weighted by atomic mass is 35.5. The maximum absolute atomic E-state index is 13.4. The minimum atomic E-state index is -0.543. The number of amides is 2. The van der Waals surface area contributed by atoms with Gasteiger partial charge in [0.2, 0.25) is 0 Å². The van der Waals surface area contributed by atoms with Crippen LogP contribution in [0.5, 0.6) is 0 Å². The summed E-state index contributed by atoms with van der Waals surface area (Å²) >= 11 is 6.18. The van der Waals surface area contributed by atoms with E-state index in [1.165, 1.54) is 24.4 Å². The van der Waals surface area contributed by atoms with E-state index in [1.807, 2.05) is 11.0 Å². The van der Waals surface area contributed by atoms with E-state index in [0.29, 0.717) is 37.4 Å². The van der Waals surface area contributed by atoms with Crippen molar-refractivity contribution in [2.75, 3.05) is 36.4 Å². The van der Waals surface area contributed by atoms with Crippen molar-refractivity contribution < 1.29 is 14.5 Å². The second kappa shape index (κ2) is 10.8. The monoisotopic (exact) mass is 491 g/mol. The Balaban J connectivity index is 1.51. The molecule has 178 valence electrons. The molecule has 1 N–H and O–H groups in total. The summed E-state index contributed by atoms with van der Waals surface area (Å²) in [5.74, 6) is -0.958. The lowest BCUT2D eigenvalue weighted by molar-refractivity contribution is -0.384. The van der Waals surface area contributed by atoms with Crippen molar-refractivity contribution in [3.05, 3.63) is 99.3 Å². The second-order valence-electron chi connectivity index (χ2n) is 7.81. The first kappa shape index (κ1) is 23.9. The van der Waals surface area contributed by atoms with Gasteiger partial charge in [-0.15, -0.1) is 0 Å². The first-order valence-electron chi connectivity index (χ1n) is 10.9. The van der Waals surface area contributed by atoms with Crippen LogP contribution >= 0.6 is 11.6 Å². The third kappa shape index (κ3) is 5.82. The standard InChI is InChI=1S/C25H22ClN5O4/c26-23-18(5-4-12-27-23)17-22(24(32)28-19-6-2-1-3-7-19)25(33)30-15-13-29(14-16-30)20-8-10-21(11-9-20)31(34)35/h1-12,17H,13-16H2,(H,28,32). The summed E-state index contributed by atoms with van der Waals surface area (Å²) in [4.78, 5) is 44.7. The molecular formula is C25H22ClN5O4. The SMILES string of the molecule is O=C(Nc1ccccc1)C(=Cc1cccnc1Cl)C(=O)N1CCN(c2ccc([N+](=O)[O-])cc2)CC1. The molecule has 2 heterocycles. The van der Waals surface area contributed by atoms with Crippen LogP contribution < -0.4 is 10.2 Å². The maximum Gasteiger partial charge on any atom is 0.269 e. The third-order valence-electron chi connectivity index (χ3n) is 5.59. The Labute approximate surface area is 206 Å². The number of carbonyl (C=O) groups excluding carboxylic acids is 2. The zero-order valence-corrected chi connectivity index (χ0v) is 19.4. The van der Waals surface area contributed by atoms with Gasteiger partial charge in [0.05, 0.1) is 4.92 Å². The quantitative estimate of drug-likeness (QED) is 0.139. The number of anilines is 2. The highest BCUT2D eigenvalue weighted by Gasteiger charge is 2.28. The fourth-order valence-corrected chi connectivity index (χ4v) is 3.90. The van der Waals surface area contributed by atoms with Crippen molar-refractivity contribution >= 4 is 46.6 Å². The molecular weight excluding hydrogens is 470 g/mol. The lowest BCUT2D eigenvalue weighted by Crippen LogP contribution is -2.50. The number of carbonyl (C=O) groups is 2. The second-order valence-corrected chi connectivity index (χ2v) is 8.17. The molecule has 0 unspecified atom stereocenters. The molecule has 2 amide bonds. The molecule has 1 aliphatic heterocycles. The van der Waals surface area contributed by atoms with E-state index >= 15 is 0 Å². The van der Waals surface area contributed by atoms with Crippen molar-refractivity contribution in [2.45, 2.75) is 0 Å². The van der Waals surface area contributed by atoms with Crippen molar-refractivity contribution in [3.63, 3.8) is 0 Å². The molecule has 0 atom stereocenters. The largest absolute Gasteiger partial charge is 0.368 e. The van der Waals surface area contributed by atoms with Crippen LogP contribution in [-0.2, 0) is 9.59 Å². The maximum atomic E-state index is 13.4. The Bertz CT molecular complexity index is 1260. The fourth-order valence-electron chi connectivity index (χ4n) is 3.73. The Morgan fingerprint density at radius 1 is 0.971 bits per heavy atom. The Hall–Kier alpha value is -4.24. The van der Waals surface area contributed by atoms with E-state index in [1.54, 1.807) is 53.4 Å². The van der Waals surface area contributed by atoms with E-state index in [4.69, 9.17) is 11.6 Å². The van der Waals surface area contributed by atoms with E-state index in [9.17, 15) is 19.7 Å². The number of hydrogen-bond acceptors (Lipinski definition) is 6. The number of nitrogens with one attached hydrogen (secondary N) is 1. The number of non-ortho nitro benzene ring substituents is 1. The molecule has 3 aromatic rings. The van der Waals surface area contributed by atoms with Gasteiger partial charge < -0.3 is 15.1 Å². The topological polar surface area (TPSA) is 109 Å². The zero-order chi connectivity index (χ0) is 24.8. The zero-order valence-electron chi connectivity index (χ0n) is 18.6. The van der Waals surface area contributed by atoms with Gasteiger partial charge in [-0.25, -0.2) is 4.98 Å². The van der Waals surface area contributed by atoms with Gasteiger partial charge in [-0.05, 0) is 36.4 Å². The molecule has 0 saturated carbocycles. The first-order valence-corrected chi connectivity index (χ1v) is 11.3. The van der Waals surface area contributed by atoms with Crippen LogP contribution in [0.1, 0.15) is 5.56 Å². The number of halogens is 1. The molecule has 1 saturated heterocycles. The van der Waals surface area contributed by atoms with Gasteiger partial charge in [-0.1, -0.05) is 35.9 Å². The van der Waals surface area contributed by atoms with Crippen LogP contribution in [0.3, 0.4) is 0 Å². The van der Waals surface area contributed by atoms with E-state index in [-0.39, 0.29) is 16.4 Å². The number of nitrogens with zero attached hydrogens (tertiary/aromatic N) is 4. The lowest BCUT2D eigenvalue weighted by Gasteiger charge is -2.36. The molecule has 0 radical (unpaired) electrons. The molecule has 4 rings (SSSR count). The molecule has 0 aliphatic carbocycles. The third-order valence-corrected chi connectivity index (χ3v) is 5.90. The van der Waals surface area contributed by atoms with Crippen LogP contribution in [-0.4, -0.2) is 52.8 Å². The number of para-hydroxylation sites is 1. The molecule has 2 aromatic carbocycles. The minimum Gasteiger partial charge on any atom is -0.368 e. The van der Waals surface area contributed by atoms with Gasteiger partial charge in [-0.3, -0.25) is 19.7 Å². The first-order chi connectivity index (χ1) is 16.9. The number of pyridine rings is 1. The van der Waals surface area contributed by atoms with Crippen molar-refractivity contribution in [1.82, 2.24) is 9.88 Å². The average molecular weight is 492 g/mol. The van der Waals surface area contributed by atoms with Crippen LogP contribution in [0.2, 0.25) is 5.15 Å². The molecule has 1 fully saturated rings. The average Bonchev–Trinajstić information content (AvgIpc) is 2.88. The number of nitro groups is 1. The highest BCUT2D eigenvalue weighted by Crippen LogP contribution is 2.23. The van der Waals surface area contributed by atoms with Crippen molar-refractivity contribution in [3.8, 4) is 0 Å². The molecule has 0 bridgehead atoms. The number of nitro benzene ring substituents is 1. The van der Waals surface area contributed by atoms with E-state index < -0.39 is 16.7 Å². The van der Waals surface area contributed by atoms with Gasteiger partial charge in [0.1, 0.15) is 10.7 Å². The number of hydrogen-bond donors (Lipinski definition) is 1. The Morgan fingerprint density at radius 3 is 2.29 bits per heavy atom.